The summed E-state index contributed by atoms with van der Waals surface area (Å²) in [6.45, 7) is 2.17. The van der Waals surface area contributed by atoms with Crippen molar-refractivity contribution in [2.45, 2.75) is 19.8 Å². The summed E-state index contributed by atoms with van der Waals surface area (Å²) in [7, 11) is 4.45. The van der Waals surface area contributed by atoms with E-state index in [1.54, 1.807) is 0 Å². The third-order valence-corrected chi connectivity index (χ3v) is 3.00. The van der Waals surface area contributed by atoms with Crippen LogP contribution in [0.2, 0.25) is 0 Å². The largest absolute Gasteiger partial charge is 0.480 e. The first-order valence-corrected chi connectivity index (χ1v) is 7.12. The van der Waals surface area contributed by atoms with Gasteiger partial charge in [-0.2, -0.15) is 0 Å². The van der Waals surface area contributed by atoms with Crippen molar-refractivity contribution < 1.29 is 9.05 Å². The molecule has 0 aliphatic heterocycles. The van der Waals surface area contributed by atoms with Gasteiger partial charge in [0.15, 0.2) is 0 Å². The maximum atomic E-state index is 5.02. The molecule has 102 valence electrons. The summed E-state index contributed by atoms with van der Waals surface area (Å²) in [5.41, 5.74) is 1.34. The smallest absolute Gasteiger partial charge is 0.122 e. The van der Waals surface area contributed by atoms with Gasteiger partial charge in [-0.1, -0.05) is 43.7 Å². The Morgan fingerprint density at radius 1 is 0.842 bits per heavy atom. The monoisotopic (exact) mass is 294 g/mol. The maximum absolute atomic E-state index is 5.02. The van der Waals surface area contributed by atoms with E-state index in [-0.39, 0.29) is 0 Å². The molecule has 2 aromatic carbocycles. The minimum Gasteiger partial charge on any atom is -0.480 e. The fraction of sp³-hybridized carbons (Fsp3) is 0.200. The molecule has 0 fully saturated rings. The first-order chi connectivity index (χ1) is 9.30. The molecule has 0 aromatic heterocycles. The zero-order valence-corrected chi connectivity index (χ0v) is 13.4. The summed E-state index contributed by atoms with van der Waals surface area (Å²) in [5.74, 6) is 1.79. The van der Waals surface area contributed by atoms with E-state index in [0.717, 1.165) is 17.9 Å². The van der Waals surface area contributed by atoms with Gasteiger partial charge in [-0.05, 0) is 36.2 Å². The lowest BCUT2D eigenvalue weighted by Gasteiger charge is -2.01. The molecule has 0 aliphatic rings. The molecule has 0 N–H and O–H groups in total. The van der Waals surface area contributed by atoms with Crippen molar-refractivity contribution in [1.29, 1.82) is 0 Å². The number of rotatable bonds is 4. The summed E-state index contributed by atoms with van der Waals surface area (Å²) in [5, 5.41) is 0. The molecule has 0 bridgehead atoms. The molecule has 2 atom stereocenters. The van der Waals surface area contributed by atoms with Crippen molar-refractivity contribution in [2.24, 2.45) is 0 Å². The molecule has 2 unspecified atom stereocenters. The van der Waals surface area contributed by atoms with Gasteiger partial charge >= 0.3 is 0 Å². The van der Waals surface area contributed by atoms with Crippen molar-refractivity contribution in [3.05, 3.63) is 60.2 Å². The number of para-hydroxylation sites is 1. The second kappa shape index (κ2) is 9.78. The van der Waals surface area contributed by atoms with Crippen LogP contribution in [0.4, 0.5) is 0 Å². The van der Waals surface area contributed by atoms with Gasteiger partial charge in [0, 0.05) is 0 Å². The molecular formula is C15H20O2P2. The standard InChI is InChI=1S/C9H13OP.C6H7OP/c1-2-4-8-5-3-6-9(7-8)10-11;8-7-6-4-2-1-3-5-6/h3,5-7H,2,4,11H2,1H3;1-5H,8H2. The number of aryl methyl sites for hydroxylation is 1. The Morgan fingerprint density at radius 2 is 1.47 bits per heavy atom. The third kappa shape index (κ3) is 6.57. The minimum absolute atomic E-state index is 0.873. The molecule has 4 heteroatoms. The first-order valence-electron chi connectivity index (χ1n) is 6.17. The van der Waals surface area contributed by atoms with Gasteiger partial charge in [0.1, 0.15) is 11.5 Å². The van der Waals surface area contributed by atoms with Crippen LogP contribution < -0.4 is 9.05 Å². The van der Waals surface area contributed by atoms with E-state index in [4.69, 9.17) is 9.05 Å². The average molecular weight is 294 g/mol. The topological polar surface area (TPSA) is 18.5 Å². The predicted octanol–water partition coefficient (Wildman–Crippen LogP) is 4.66. The molecule has 0 saturated heterocycles. The lowest BCUT2D eigenvalue weighted by atomic mass is 10.1. The Balaban J connectivity index is 0.000000200. The van der Waals surface area contributed by atoms with Gasteiger partial charge in [0.25, 0.3) is 0 Å². The highest BCUT2D eigenvalue weighted by molar-refractivity contribution is 7.10. The van der Waals surface area contributed by atoms with E-state index in [9.17, 15) is 0 Å². The molecule has 0 aliphatic carbocycles. The Morgan fingerprint density at radius 3 is 2.00 bits per heavy atom. The molecule has 2 rings (SSSR count). The van der Waals surface area contributed by atoms with Gasteiger partial charge in [0.05, 0.1) is 18.9 Å². The normalized spacial score (nSPS) is 9.21. The van der Waals surface area contributed by atoms with Crippen molar-refractivity contribution in [3.63, 3.8) is 0 Å². The minimum atomic E-state index is 0.873. The average Bonchev–Trinajstić information content (AvgIpc) is 2.49. The molecule has 19 heavy (non-hydrogen) atoms. The maximum Gasteiger partial charge on any atom is 0.122 e. The highest BCUT2D eigenvalue weighted by atomic mass is 31.0. The fourth-order valence-electron chi connectivity index (χ4n) is 1.56. The van der Waals surface area contributed by atoms with Crippen molar-refractivity contribution in [3.8, 4) is 11.5 Å². The van der Waals surface area contributed by atoms with Gasteiger partial charge in [-0.25, -0.2) is 0 Å². The molecular weight excluding hydrogens is 274 g/mol. The van der Waals surface area contributed by atoms with Crippen LogP contribution >= 0.6 is 18.9 Å². The van der Waals surface area contributed by atoms with E-state index in [1.807, 2.05) is 42.5 Å². The van der Waals surface area contributed by atoms with Gasteiger partial charge in [-0.3, -0.25) is 0 Å². The van der Waals surface area contributed by atoms with E-state index < -0.39 is 0 Å². The van der Waals surface area contributed by atoms with Crippen LogP contribution in [0.25, 0.3) is 0 Å². The predicted molar refractivity (Wildman–Crippen MR) is 87.6 cm³/mol. The molecule has 2 aromatic rings. The quantitative estimate of drug-likeness (QED) is 0.763. The van der Waals surface area contributed by atoms with Gasteiger partial charge in [0.2, 0.25) is 0 Å². The molecule has 0 amide bonds. The van der Waals surface area contributed by atoms with Crippen LogP contribution in [0.5, 0.6) is 11.5 Å². The van der Waals surface area contributed by atoms with Crippen LogP contribution in [0.3, 0.4) is 0 Å². The molecule has 0 spiro atoms. The van der Waals surface area contributed by atoms with Crippen LogP contribution in [0, 0.1) is 0 Å². The first kappa shape index (κ1) is 16.0. The van der Waals surface area contributed by atoms with Crippen LogP contribution in [0.15, 0.2) is 54.6 Å². The van der Waals surface area contributed by atoms with Crippen molar-refractivity contribution in [1.82, 2.24) is 0 Å². The third-order valence-electron chi connectivity index (χ3n) is 2.45. The fourth-order valence-corrected chi connectivity index (χ4v) is 1.87. The second-order valence-electron chi connectivity index (χ2n) is 3.95. The highest BCUT2D eigenvalue weighted by Crippen LogP contribution is 2.16. The molecule has 0 saturated carbocycles. The van der Waals surface area contributed by atoms with Crippen LogP contribution in [0.1, 0.15) is 18.9 Å². The second-order valence-corrected chi connectivity index (χ2v) is 4.42. The van der Waals surface area contributed by atoms with Crippen molar-refractivity contribution in [2.75, 3.05) is 0 Å². The number of hydrogen-bond acceptors (Lipinski definition) is 2. The Bertz CT molecular complexity index is 461. The Labute approximate surface area is 120 Å². The van der Waals surface area contributed by atoms with Crippen LogP contribution in [-0.2, 0) is 6.42 Å². The summed E-state index contributed by atoms with van der Waals surface area (Å²) >= 11 is 0. The number of hydrogen-bond donors (Lipinski definition) is 0. The Kier molecular flexibility index (Phi) is 8.21. The van der Waals surface area contributed by atoms with Crippen molar-refractivity contribution >= 4 is 18.9 Å². The zero-order valence-electron chi connectivity index (χ0n) is 11.1. The Hall–Kier alpha value is -1.10. The SMILES string of the molecule is CCCc1cccc(OP)c1.POc1ccccc1. The molecule has 0 heterocycles. The summed E-state index contributed by atoms with van der Waals surface area (Å²) < 4.78 is 9.85. The van der Waals surface area contributed by atoms with E-state index in [0.29, 0.717) is 0 Å². The summed E-state index contributed by atoms with van der Waals surface area (Å²) in [6, 6.07) is 17.8. The zero-order chi connectivity index (χ0) is 13.9. The summed E-state index contributed by atoms with van der Waals surface area (Å²) in [6.07, 6.45) is 2.31. The lowest BCUT2D eigenvalue weighted by Crippen LogP contribution is -1.82. The lowest BCUT2D eigenvalue weighted by molar-refractivity contribution is 0.644. The van der Waals surface area contributed by atoms with E-state index >= 15 is 0 Å². The summed E-state index contributed by atoms with van der Waals surface area (Å²) in [4.78, 5) is 0. The van der Waals surface area contributed by atoms with E-state index in [2.05, 4.69) is 38.0 Å². The van der Waals surface area contributed by atoms with Gasteiger partial charge < -0.3 is 9.05 Å². The number of benzene rings is 2. The molecule has 0 radical (unpaired) electrons. The van der Waals surface area contributed by atoms with E-state index in [1.165, 1.54) is 12.0 Å². The van der Waals surface area contributed by atoms with Gasteiger partial charge in [-0.15, -0.1) is 0 Å². The van der Waals surface area contributed by atoms with Crippen LogP contribution in [-0.4, -0.2) is 0 Å². The highest BCUT2D eigenvalue weighted by Gasteiger charge is 1.92. The molecule has 2 nitrogen and oxygen atoms in total.